The summed E-state index contributed by atoms with van der Waals surface area (Å²) >= 11 is 3.71. The van der Waals surface area contributed by atoms with Crippen molar-refractivity contribution in [1.29, 1.82) is 0 Å². The molecule has 3 aliphatic heterocycles. The number of halogens is 1. The maximum absolute atomic E-state index is 14.7. The summed E-state index contributed by atoms with van der Waals surface area (Å²) in [5.74, 6) is -3.24. The summed E-state index contributed by atoms with van der Waals surface area (Å²) in [7, 11) is 3.04. The van der Waals surface area contributed by atoms with Gasteiger partial charge in [0, 0.05) is 43.7 Å². The summed E-state index contributed by atoms with van der Waals surface area (Å²) in [5.41, 5.74) is -0.162. The van der Waals surface area contributed by atoms with Gasteiger partial charge in [-0.3, -0.25) is 19.2 Å². The number of hydrogen-bond donors (Lipinski definition) is 2. The number of rotatable bonds is 18. The van der Waals surface area contributed by atoms with Gasteiger partial charge in [-0.25, -0.2) is 0 Å². The average molecular weight is 769 g/mol. The van der Waals surface area contributed by atoms with Gasteiger partial charge in [0.2, 0.25) is 11.8 Å². The maximum atomic E-state index is 14.7. The molecule has 12 nitrogen and oxygen atoms in total. The maximum Gasteiger partial charge on any atom is 0.313 e. The lowest BCUT2D eigenvalue weighted by molar-refractivity contribution is -0.163. The van der Waals surface area contributed by atoms with Gasteiger partial charge in [-0.05, 0) is 49.1 Å². The van der Waals surface area contributed by atoms with E-state index in [0.717, 1.165) is 0 Å². The number of carbonyl (C=O) groups excluding carboxylic acids is 4. The summed E-state index contributed by atoms with van der Waals surface area (Å²) in [5, 5.41) is 12.7. The number of fused-ring (bicyclic) bond motifs is 1. The van der Waals surface area contributed by atoms with Crippen LogP contribution in [-0.4, -0.2) is 103 Å². The van der Waals surface area contributed by atoms with Crippen molar-refractivity contribution >= 4 is 45.3 Å². The van der Waals surface area contributed by atoms with Crippen LogP contribution in [0.5, 0.6) is 5.75 Å². The molecule has 2 aromatic rings. The van der Waals surface area contributed by atoms with Crippen LogP contribution in [0.15, 0.2) is 79.9 Å². The zero-order valence-electron chi connectivity index (χ0n) is 28.9. The molecule has 8 atom stereocenters. The highest BCUT2D eigenvalue weighted by atomic mass is 79.9. The van der Waals surface area contributed by atoms with Crippen LogP contribution in [0.1, 0.15) is 37.4 Å². The Hall–Kier alpha value is -4.04. The largest absolute Gasteiger partial charge is 0.497 e. The van der Waals surface area contributed by atoms with Crippen molar-refractivity contribution in [2.45, 2.75) is 60.4 Å². The van der Waals surface area contributed by atoms with Crippen molar-refractivity contribution in [3.8, 4) is 5.75 Å². The van der Waals surface area contributed by atoms with E-state index in [4.69, 9.17) is 18.9 Å². The number of methoxy groups -OCH3 is 2. The first-order chi connectivity index (χ1) is 24.6. The SMILES string of the molecule is C=CCCC(=O)N[C@@H](COC)[C@@H](OC(=O)[C@@H]1[C@H]2O[C@@]3(CC2Br)[C@H](C(=O)N(CC=C)c2ccc(OC)cc2)N(CCCO)C(=O)[C@@H]13)c1ccccc1. The number of benzene rings is 2. The highest BCUT2D eigenvalue weighted by molar-refractivity contribution is 9.09. The molecule has 2 bridgehead atoms. The Kier molecular flexibility index (Phi) is 12.7. The summed E-state index contributed by atoms with van der Waals surface area (Å²) < 4.78 is 23.7. The number of alkyl halides is 1. The van der Waals surface area contributed by atoms with Crippen LogP contribution in [-0.2, 0) is 33.4 Å². The zero-order valence-corrected chi connectivity index (χ0v) is 30.5. The minimum absolute atomic E-state index is 0.0423. The molecule has 0 radical (unpaired) electrons. The number of ether oxygens (including phenoxy) is 4. The fraction of sp³-hybridized carbons (Fsp3) is 0.474. The number of allylic oxidation sites excluding steroid dienone is 1. The molecular formula is C38H46BrN3O9. The normalized spacial score (nSPS) is 25.8. The molecule has 2 N–H and O–H groups in total. The molecule has 0 aromatic heterocycles. The summed E-state index contributed by atoms with van der Waals surface area (Å²) in [6, 6.07) is 14.2. The van der Waals surface area contributed by atoms with Crippen LogP contribution in [0.25, 0.3) is 0 Å². The van der Waals surface area contributed by atoms with Gasteiger partial charge in [0.15, 0.2) is 0 Å². The third kappa shape index (κ3) is 7.62. The Morgan fingerprint density at radius 3 is 2.49 bits per heavy atom. The van der Waals surface area contributed by atoms with Gasteiger partial charge in [0.25, 0.3) is 5.91 Å². The Labute approximate surface area is 306 Å². The number of hydrogen-bond acceptors (Lipinski definition) is 9. The summed E-state index contributed by atoms with van der Waals surface area (Å²) in [4.78, 5) is 59.2. The van der Waals surface area contributed by atoms with Crippen molar-refractivity contribution in [3.05, 3.63) is 85.5 Å². The molecule has 274 valence electrons. The lowest BCUT2D eigenvalue weighted by atomic mass is 9.70. The first kappa shape index (κ1) is 38.2. The number of carbonyl (C=O) groups is 4. The van der Waals surface area contributed by atoms with E-state index >= 15 is 0 Å². The molecule has 3 heterocycles. The highest BCUT2D eigenvalue weighted by Gasteiger charge is 2.77. The van der Waals surface area contributed by atoms with Gasteiger partial charge in [0.05, 0.1) is 37.7 Å². The molecule has 51 heavy (non-hydrogen) atoms. The van der Waals surface area contributed by atoms with Gasteiger partial charge in [0.1, 0.15) is 23.5 Å². The fourth-order valence-corrected chi connectivity index (χ4v) is 8.59. The van der Waals surface area contributed by atoms with Crippen LogP contribution in [0, 0.1) is 11.8 Å². The Morgan fingerprint density at radius 2 is 1.86 bits per heavy atom. The first-order valence-corrected chi connectivity index (χ1v) is 18.0. The number of aliphatic hydroxyl groups excluding tert-OH is 1. The number of esters is 1. The van der Waals surface area contributed by atoms with Crippen molar-refractivity contribution in [2.75, 3.05) is 45.4 Å². The van der Waals surface area contributed by atoms with Gasteiger partial charge in [-0.2, -0.15) is 0 Å². The number of aliphatic hydroxyl groups is 1. The lowest BCUT2D eigenvalue weighted by Crippen LogP contribution is -2.57. The van der Waals surface area contributed by atoms with Gasteiger partial charge < -0.3 is 39.2 Å². The lowest BCUT2D eigenvalue weighted by Gasteiger charge is -2.37. The second-order valence-corrected chi connectivity index (χ2v) is 14.1. The van der Waals surface area contributed by atoms with E-state index in [1.54, 1.807) is 67.8 Å². The molecule has 3 saturated heterocycles. The molecule has 0 aliphatic carbocycles. The third-order valence-corrected chi connectivity index (χ3v) is 10.7. The molecule has 5 rings (SSSR count). The first-order valence-electron chi connectivity index (χ1n) is 17.1. The number of nitrogens with one attached hydrogen (secondary N) is 1. The van der Waals surface area contributed by atoms with Crippen LogP contribution in [0.3, 0.4) is 0 Å². The molecule has 3 amide bonds. The monoisotopic (exact) mass is 767 g/mol. The molecule has 13 heteroatoms. The molecular weight excluding hydrogens is 722 g/mol. The van der Waals surface area contributed by atoms with Gasteiger partial charge in [-0.15, -0.1) is 13.2 Å². The average Bonchev–Trinajstić information content (AvgIpc) is 3.73. The minimum atomic E-state index is -1.36. The topological polar surface area (TPSA) is 144 Å². The molecule has 3 aliphatic rings. The van der Waals surface area contributed by atoms with Crippen LogP contribution in [0.4, 0.5) is 5.69 Å². The van der Waals surface area contributed by atoms with Gasteiger partial charge >= 0.3 is 5.97 Å². The van der Waals surface area contributed by atoms with E-state index in [0.29, 0.717) is 29.8 Å². The number of likely N-dealkylation sites (tertiary alicyclic amines) is 1. The van der Waals surface area contributed by atoms with E-state index in [1.807, 2.05) is 6.07 Å². The van der Waals surface area contributed by atoms with Crippen LogP contribution in [0.2, 0.25) is 0 Å². The van der Waals surface area contributed by atoms with Crippen molar-refractivity contribution in [2.24, 2.45) is 11.8 Å². The zero-order chi connectivity index (χ0) is 36.7. The summed E-state index contributed by atoms with van der Waals surface area (Å²) in [6.07, 6.45) is 2.69. The van der Waals surface area contributed by atoms with Crippen molar-refractivity contribution in [3.63, 3.8) is 0 Å². The predicted molar refractivity (Wildman–Crippen MR) is 193 cm³/mol. The molecule has 1 spiro atoms. The minimum Gasteiger partial charge on any atom is -0.497 e. The Bertz CT molecular complexity index is 1570. The van der Waals surface area contributed by atoms with Crippen LogP contribution < -0.4 is 15.0 Å². The number of nitrogens with zero attached hydrogens (tertiary/aromatic N) is 2. The number of amides is 3. The van der Waals surface area contributed by atoms with E-state index in [2.05, 4.69) is 34.4 Å². The third-order valence-electron chi connectivity index (χ3n) is 9.82. The van der Waals surface area contributed by atoms with E-state index in [-0.39, 0.29) is 49.9 Å². The molecule has 0 saturated carbocycles. The molecule has 3 fully saturated rings. The standard InChI is InChI=1S/C38H46BrN3O9/c1-5-7-14-29(44)40-28(23-48-3)32(24-12-9-8-10-13-24)50-37(47)30-31-35(45)42(20-11-21-43)34(38(31)22-27(39)33(30)51-38)36(46)41(19-6-2)25-15-17-26(49-4)18-16-25/h5-6,8-10,12-13,15-18,27-28,30-34,43H,1-2,7,11,14,19-23H2,3-4H3,(H,40,44)/t27?,28-,30-,31+,32-,33-,34-,38+/m0/s1. The number of anilines is 1. The highest BCUT2D eigenvalue weighted by Crippen LogP contribution is 2.60. The predicted octanol–water partition coefficient (Wildman–Crippen LogP) is 3.73. The van der Waals surface area contributed by atoms with Crippen molar-refractivity contribution in [1.82, 2.24) is 10.2 Å². The second kappa shape index (κ2) is 17.0. The Balaban J connectivity index is 1.51. The van der Waals surface area contributed by atoms with E-state index in [9.17, 15) is 24.3 Å². The molecule has 2 aromatic carbocycles. The van der Waals surface area contributed by atoms with Crippen LogP contribution >= 0.6 is 15.9 Å². The van der Waals surface area contributed by atoms with Gasteiger partial charge in [-0.1, -0.05) is 58.4 Å². The quantitative estimate of drug-likeness (QED) is 0.132. The Morgan fingerprint density at radius 1 is 1.14 bits per heavy atom. The van der Waals surface area contributed by atoms with Crippen molar-refractivity contribution < 1.29 is 43.2 Å². The molecule has 1 unspecified atom stereocenters. The fourth-order valence-electron chi connectivity index (χ4n) is 7.65. The summed E-state index contributed by atoms with van der Waals surface area (Å²) in [6.45, 7) is 7.60. The van der Waals surface area contributed by atoms with E-state index < -0.39 is 59.5 Å². The van der Waals surface area contributed by atoms with E-state index in [1.165, 1.54) is 16.9 Å². The second-order valence-electron chi connectivity index (χ2n) is 12.9. The smallest absolute Gasteiger partial charge is 0.313 e.